The number of carbonyl (C=O) groups is 1. The third-order valence-corrected chi connectivity index (χ3v) is 5.99. The van der Waals surface area contributed by atoms with Gasteiger partial charge in [0.1, 0.15) is 0 Å². The molecular formula is C24H23N3OS. The van der Waals surface area contributed by atoms with Crippen LogP contribution in [0.25, 0.3) is 11.1 Å². The highest BCUT2D eigenvalue weighted by atomic mass is 32.2. The Morgan fingerprint density at radius 2 is 1.72 bits per heavy atom. The van der Waals surface area contributed by atoms with Crippen LogP contribution in [0.5, 0.6) is 0 Å². The van der Waals surface area contributed by atoms with Crippen LogP contribution >= 0.6 is 11.8 Å². The van der Waals surface area contributed by atoms with E-state index in [1.54, 1.807) is 11.8 Å². The SMILES string of the molecule is CC1(c2cccc(NC(=O)c3ccc(-c4ccccc4)cc3)c2)CCSC(N)=N1. The Morgan fingerprint density at radius 1 is 1.00 bits per heavy atom. The fourth-order valence-corrected chi connectivity index (χ4v) is 4.45. The molecule has 3 aromatic carbocycles. The van der Waals surface area contributed by atoms with Crippen molar-refractivity contribution in [2.75, 3.05) is 11.1 Å². The number of nitrogens with zero attached hydrogens (tertiary/aromatic N) is 1. The molecule has 0 saturated heterocycles. The van der Waals surface area contributed by atoms with Crippen molar-refractivity contribution in [2.24, 2.45) is 10.7 Å². The van der Waals surface area contributed by atoms with E-state index in [0.717, 1.165) is 34.6 Å². The third-order valence-electron chi connectivity index (χ3n) is 5.19. The van der Waals surface area contributed by atoms with E-state index in [2.05, 4.69) is 29.4 Å². The number of hydrogen-bond acceptors (Lipinski definition) is 4. The molecule has 0 aliphatic carbocycles. The highest BCUT2D eigenvalue weighted by Gasteiger charge is 2.29. The van der Waals surface area contributed by atoms with Gasteiger partial charge in [0.25, 0.3) is 5.91 Å². The molecule has 0 bridgehead atoms. The average molecular weight is 402 g/mol. The van der Waals surface area contributed by atoms with Crippen molar-refractivity contribution in [2.45, 2.75) is 18.9 Å². The molecule has 29 heavy (non-hydrogen) atoms. The Bertz CT molecular complexity index is 1050. The van der Waals surface area contributed by atoms with Gasteiger partial charge in [-0.1, -0.05) is 66.4 Å². The first-order valence-electron chi connectivity index (χ1n) is 9.59. The maximum Gasteiger partial charge on any atom is 0.255 e. The zero-order chi connectivity index (χ0) is 20.3. The highest BCUT2D eigenvalue weighted by molar-refractivity contribution is 8.13. The largest absolute Gasteiger partial charge is 0.379 e. The predicted octanol–water partition coefficient (Wildman–Crippen LogP) is 5.27. The number of aliphatic imine (C=N–C) groups is 1. The molecule has 4 nitrogen and oxygen atoms in total. The quantitative estimate of drug-likeness (QED) is 0.625. The molecule has 1 atom stereocenters. The minimum atomic E-state index is -0.354. The number of hydrogen-bond donors (Lipinski definition) is 2. The second-order valence-electron chi connectivity index (χ2n) is 7.30. The Morgan fingerprint density at radius 3 is 2.45 bits per heavy atom. The fourth-order valence-electron chi connectivity index (χ4n) is 3.47. The van der Waals surface area contributed by atoms with Gasteiger partial charge in [0.05, 0.1) is 5.54 Å². The standard InChI is InChI=1S/C24H23N3OS/c1-24(14-15-29-23(25)27-24)20-8-5-9-21(16-20)26-22(28)19-12-10-18(11-13-19)17-6-3-2-4-7-17/h2-13,16H,14-15H2,1H3,(H2,25,27)(H,26,28). The molecular weight excluding hydrogens is 378 g/mol. The summed E-state index contributed by atoms with van der Waals surface area (Å²) in [7, 11) is 0. The Hall–Kier alpha value is -3.05. The number of thioether (sulfide) groups is 1. The lowest BCUT2D eigenvalue weighted by molar-refractivity contribution is 0.102. The molecule has 3 N–H and O–H groups in total. The van der Waals surface area contributed by atoms with Gasteiger partial charge in [-0.25, -0.2) is 0 Å². The van der Waals surface area contributed by atoms with Crippen molar-refractivity contribution in [1.82, 2.24) is 0 Å². The van der Waals surface area contributed by atoms with Gasteiger partial charge in [0, 0.05) is 17.0 Å². The number of carbonyl (C=O) groups excluding carboxylic acids is 1. The first-order valence-corrected chi connectivity index (χ1v) is 10.6. The van der Waals surface area contributed by atoms with Gasteiger partial charge < -0.3 is 11.1 Å². The molecule has 5 heteroatoms. The fraction of sp³-hybridized carbons (Fsp3) is 0.167. The summed E-state index contributed by atoms with van der Waals surface area (Å²) in [5.74, 6) is 0.810. The van der Waals surface area contributed by atoms with Crippen LogP contribution in [0.3, 0.4) is 0 Å². The molecule has 1 aliphatic rings. The maximum absolute atomic E-state index is 12.7. The summed E-state index contributed by atoms with van der Waals surface area (Å²) in [6, 6.07) is 25.6. The Kier molecular flexibility index (Phi) is 5.41. The molecule has 0 aromatic heterocycles. The minimum Gasteiger partial charge on any atom is -0.379 e. The average Bonchev–Trinajstić information content (AvgIpc) is 2.74. The number of nitrogens with two attached hydrogens (primary N) is 1. The van der Waals surface area contributed by atoms with Crippen LogP contribution in [-0.4, -0.2) is 16.8 Å². The van der Waals surface area contributed by atoms with Crippen molar-refractivity contribution in [3.63, 3.8) is 0 Å². The van der Waals surface area contributed by atoms with Gasteiger partial charge in [0.2, 0.25) is 0 Å². The van der Waals surface area contributed by atoms with Crippen molar-refractivity contribution < 1.29 is 4.79 Å². The second kappa shape index (κ2) is 8.13. The van der Waals surface area contributed by atoms with Crippen LogP contribution < -0.4 is 11.1 Å². The lowest BCUT2D eigenvalue weighted by Gasteiger charge is -2.30. The highest BCUT2D eigenvalue weighted by Crippen LogP contribution is 2.35. The number of nitrogens with one attached hydrogen (secondary N) is 1. The molecule has 1 aliphatic heterocycles. The van der Waals surface area contributed by atoms with E-state index < -0.39 is 0 Å². The molecule has 0 radical (unpaired) electrons. The monoisotopic (exact) mass is 401 g/mol. The van der Waals surface area contributed by atoms with Crippen LogP contribution in [0.4, 0.5) is 5.69 Å². The summed E-state index contributed by atoms with van der Waals surface area (Å²) in [5, 5.41) is 3.62. The van der Waals surface area contributed by atoms with E-state index in [9.17, 15) is 4.79 Å². The molecule has 1 heterocycles. The van der Waals surface area contributed by atoms with Crippen LogP contribution in [0.15, 0.2) is 83.9 Å². The number of amides is 1. The number of benzene rings is 3. The lowest BCUT2D eigenvalue weighted by atomic mass is 9.89. The van der Waals surface area contributed by atoms with Crippen molar-refractivity contribution >= 4 is 28.5 Å². The van der Waals surface area contributed by atoms with Crippen LogP contribution in [0, 0.1) is 0 Å². The zero-order valence-electron chi connectivity index (χ0n) is 16.3. The number of rotatable bonds is 4. The normalized spacial score (nSPS) is 18.7. The van der Waals surface area contributed by atoms with Crippen molar-refractivity contribution in [3.8, 4) is 11.1 Å². The molecule has 0 spiro atoms. The molecule has 1 amide bonds. The predicted molar refractivity (Wildman–Crippen MR) is 122 cm³/mol. The van der Waals surface area contributed by atoms with Gasteiger partial charge in [-0.3, -0.25) is 9.79 Å². The second-order valence-corrected chi connectivity index (χ2v) is 8.42. The van der Waals surface area contributed by atoms with E-state index in [1.807, 2.05) is 66.7 Å². The first-order chi connectivity index (χ1) is 14.0. The van der Waals surface area contributed by atoms with Crippen LogP contribution in [0.2, 0.25) is 0 Å². The van der Waals surface area contributed by atoms with Crippen LogP contribution in [0.1, 0.15) is 29.3 Å². The summed E-state index contributed by atoms with van der Waals surface area (Å²) in [4.78, 5) is 17.4. The Labute approximate surface area is 175 Å². The topological polar surface area (TPSA) is 67.5 Å². The smallest absolute Gasteiger partial charge is 0.255 e. The molecule has 0 saturated carbocycles. The third kappa shape index (κ3) is 4.35. The van der Waals surface area contributed by atoms with Crippen LogP contribution in [-0.2, 0) is 5.54 Å². The molecule has 4 rings (SSSR count). The summed E-state index contributed by atoms with van der Waals surface area (Å²) in [6.07, 6.45) is 0.913. The van der Waals surface area contributed by atoms with Crippen molar-refractivity contribution in [1.29, 1.82) is 0 Å². The van der Waals surface area contributed by atoms with Crippen molar-refractivity contribution in [3.05, 3.63) is 90.0 Å². The zero-order valence-corrected chi connectivity index (χ0v) is 17.1. The van der Waals surface area contributed by atoms with Gasteiger partial charge in [-0.05, 0) is 54.3 Å². The van der Waals surface area contributed by atoms with Gasteiger partial charge >= 0.3 is 0 Å². The lowest BCUT2D eigenvalue weighted by Crippen LogP contribution is -2.28. The van der Waals surface area contributed by atoms with E-state index in [-0.39, 0.29) is 11.4 Å². The Balaban J connectivity index is 1.51. The summed E-state index contributed by atoms with van der Waals surface area (Å²) >= 11 is 1.58. The molecule has 3 aromatic rings. The minimum absolute atomic E-state index is 0.130. The number of amidine groups is 1. The van der Waals surface area contributed by atoms with E-state index in [0.29, 0.717) is 10.7 Å². The van der Waals surface area contributed by atoms with E-state index in [4.69, 9.17) is 5.73 Å². The van der Waals surface area contributed by atoms with Gasteiger partial charge in [0.15, 0.2) is 5.17 Å². The summed E-state index contributed by atoms with van der Waals surface area (Å²) in [6.45, 7) is 2.09. The van der Waals surface area contributed by atoms with E-state index in [1.165, 1.54) is 0 Å². The maximum atomic E-state index is 12.7. The molecule has 1 unspecified atom stereocenters. The number of anilines is 1. The summed E-state index contributed by atoms with van der Waals surface area (Å²) < 4.78 is 0. The van der Waals surface area contributed by atoms with E-state index >= 15 is 0 Å². The molecule has 0 fully saturated rings. The summed E-state index contributed by atoms with van der Waals surface area (Å²) in [5.41, 5.74) is 10.2. The molecule has 146 valence electrons. The first kappa shape index (κ1) is 19.3. The van der Waals surface area contributed by atoms with Gasteiger partial charge in [-0.2, -0.15) is 0 Å². The van der Waals surface area contributed by atoms with Gasteiger partial charge in [-0.15, -0.1) is 0 Å².